The summed E-state index contributed by atoms with van der Waals surface area (Å²) in [6, 6.07) is 17.8. The highest BCUT2D eigenvalue weighted by Gasteiger charge is 2.27. The fraction of sp³-hybridized carbons (Fsp3) is 0.130. The lowest BCUT2D eigenvalue weighted by Crippen LogP contribution is -2.39. The van der Waals surface area contributed by atoms with Crippen molar-refractivity contribution in [3.63, 3.8) is 0 Å². The molecule has 3 aromatic rings. The van der Waals surface area contributed by atoms with Gasteiger partial charge in [0, 0.05) is 10.0 Å². The normalized spacial score (nSPS) is 12.5. The molecule has 1 amide bonds. The maximum Gasteiger partial charge on any atom is 0.264 e. The van der Waals surface area contributed by atoms with Gasteiger partial charge in [0.25, 0.3) is 15.9 Å². The number of methoxy groups -OCH3 is 1. The van der Waals surface area contributed by atoms with Crippen LogP contribution in [0.1, 0.15) is 5.56 Å². The summed E-state index contributed by atoms with van der Waals surface area (Å²) in [5.74, 6) is 1.08. The molecule has 1 heterocycles. The van der Waals surface area contributed by atoms with Gasteiger partial charge >= 0.3 is 0 Å². The Morgan fingerprint density at radius 1 is 1.12 bits per heavy atom. The number of halogens is 1. The molecular formula is C23H20BrN3O6S. The van der Waals surface area contributed by atoms with Crippen LogP contribution in [0.4, 0.5) is 5.69 Å². The number of sulfonamides is 1. The van der Waals surface area contributed by atoms with Crippen LogP contribution < -0.4 is 23.9 Å². The van der Waals surface area contributed by atoms with Gasteiger partial charge in [0.15, 0.2) is 11.5 Å². The lowest BCUT2D eigenvalue weighted by Gasteiger charge is -2.23. The van der Waals surface area contributed by atoms with Gasteiger partial charge in [-0.05, 0) is 64.5 Å². The smallest absolute Gasteiger partial charge is 0.264 e. The molecule has 0 radical (unpaired) electrons. The molecule has 0 atom stereocenters. The van der Waals surface area contributed by atoms with E-state index in [-0.39, 0.29) is 11.7 Å². The first kappa shape index (κ1) is 23.6. The highest BCUT2D eigenvalue weighted by molar-refractivity contribution is 9.10. The van der Waals surface area contributed by atoms with Crippen LogP contribution in [-0.2, 0) is 14.8 Å². The third-order valence-corrected chi connectivity index (χ3v) is 7.34. The summed E-state index contributed by atoms with van der Waals surface area (Å²) in [5, 5.41) is 3.96. The summed E-state index contributed by atoms with van der Waals surface area (Å²) in [7, 11) is -2.54. The van der Waals surface area contributed by atoms with Crippen molar-refractivity contribution < 1.29 is 27.4 Å². The fourth-order valence-electron chi connectivity index (χ4n) is 3.16. The minimum atomic E-state index is -4.04. The minimum Gasteiger partial charge on any atom is -0.497 e. The van der Waals surface area contributed by atoms with Gasteiger partial charge in [-0.15, -0.1) is 0 Å². The van der Waals surface area contributed by atoms with Gasteiger partial charge < -0.3 is 14.2 Å². The van der Waals surface area contributed by atoms with E-state index in [1.165, 1.54) is 25.5 Å². The molecule has 0 aromatic heterocycles. The molecule has 1 N–H and O–H groups in total. The van der Waals surface area contributed by atoms with Crippen molar-refractivity contribution in [1.29, 1.82) is 0 Å². The molecule has 3 aromatic carbocycles. The van der Waals surface area contributed by atoms with E-state index in [1.54, 1.807) is 54.6 Å². The molecule has 4 rings (SSSR count). The number of hydrogen-bond donors (Lipinski definition) is 1. The number of carbonyl (C=O) groups is 1. The van der Waals surface area contributed by atoms with Gasteiger partial charge in [0.05, 0.1) is 23.9 Å². The standard InChI is InChI=1S/C23H20BrN3O6S/c1-31-18-7-9-19(10-8-18)34(29,30)27(17-5-3-2-4-6-17)14-23(28)26-25-13-16-11-21-22(12-20(16)24)33-15-32-21/h2-13H,14-15H2,1H3,(H,26,28)/b25-13-. The molecular weight excluding hydrogens is 526 g/mol. The zero-order valence-corrected chi connectivity index (χ0v) is 20.4. The Balaban J connectivity index is 1.52. The van der Waals surface area contributed by atoms with Crippen LogP contribution in [0, 0.1) is 0 Å². The minimum absolute atomic E-state index is 0.0257. The van der Waals surface area contributed by atoms with Gasteiger partial charge in [-0.1, -0.05) is 18.2 Å². The van der Waals surface area contributed by atoms with Crippen LogP contribution in [-0.4, -0.2) is 41.0 Å². The third-order valence-electron chi connectivity index (χ3n) is 4.86. The van der Waals surface area contributed by atoms with Crippen LogP contribution >= 0.6 is 15.9 Å². The van der Waals surface area contributed by atoms with Gasteiger partial charge in [-0.25, -0.2) is 13.8 Å². The van der Waals surface area contributed by atoms with Crippen molar-refractivity contribution in [1.82, 2.24) is 5.43 Å². The third kappa shape index (κ3) is 5.15. The Bertz CT molecular complexity index is 1310. The predicted octanol–water partition coefficient (Wildman–Crippen LogP) is 3.53. The SMILES string of the molecule is COc1ccc(S(=O)(=O)N(CC(=O)N/N=C\c2cc3c(cc2Br)OCO3)c2ccccc2)cc1. The molecule has 1 aliphatic heterocycles. The van der Waals surface area contributed by atoms with Crippen LogP contribution in [0.5, 0.6) is 17.2 Å². The molecule has 0 bridgehead atoms. The molecule has 34 heavy (non-hydrogen) atoms. The van der Waals surface area contributed by atoms with E-state index in [1.807, 2.05) is 0 Å². The number of carbonyl (C=O) groups excluding carboxylic acids is 1. The number of fused-ring (bicyclic) bond motifs is 1. The maximum absolute atomic E-state index is 13.4. The topological polar surface area (TPSA) is 107 Å². The van der Waals surface area contributed by atoms with E-state index in [0.717, 1.165) is 4.31 Å². The Labute approximate surface area is 205 Å². The highest BCUT2D eigenvalue weighted by Crippen LogP contribution is 2.36. The van der Waals surface area contributed by atoms with Crippen molar-refractivity contribution in [2.45, 2.75) is 4.90 Å². The van der Waals surface area contributed by atoms with E-state index < -0.39 is 22.5 Å². The zero-order valence-electron chi connectivity index (χ0n) is 18.0. The molecule has 1 aliphatic rings. The molecule has 0 saturated carbocycles. The van der Waals surface area contributed by atoms with E-state index in [2.05, 4.69) is 26.5 Å². The van der Waals surface area contributed by atoms with Crippen molar-refractivity contribution in [3.8, 4) is 17.2 Å². The van der Waals surface area contributed by atoms with Crippen LogP contribution in [0.15, 0.2) is 81.2 Å². The summed E-state index contributed by atoms with van der Waals surface area (Å²) in [4.78, 5) is 12.7. The first-order valence-electron chi connectivity index (χ1n) is 10.0. The molecule has 0 unspecified atom stereocenters. The average molecular weight is 546 g/mol. The van der Waals surface area contributed by atoms with Crippen LogP contribution in [0.3, 0.4) is 0 Å². The van der Waals surface area contributed by atoms with Gasteiger partial charge in [0.2, 0.25) is 6.79 Å². The summed E-state index contributed by atoms with van der Waals surface area (Å²) in [5.41, 5.74) is 3.37. The van der Waals surface area contributed by atoms with E-state index in [4.69, 9.17) is 14.2 Å². The number of hydrazone groups is 1. The number of nitrogens with one attached hydrogen (secondary N) is 1. The first-order valence-corrected chi connectivity index (χ1v) is 12.2. The van der Waals surface area contributed by atoms with Crippen molar-refractivity contribution >= 4 is 43.8 Å². The van der Waals surface area contributed by atoms with Crippen LogP contribution in [0.2, 0.25) is 0 Å². The number of anilines is 1. The van der Waals surface area contributed by atoms with Crippen molar-refractivity contribution in [2.75, 3.05) is 24.8 Å². The lowest BCUT2D eigenvalue weighted by atomic mass is 10.2. The molecule has 11 heteroatoms. The van der Waals surface area contributed by atoms with E-state index in [0.29, 0.717) is 33.0 Å². The number of hydrogen-bond acceptors (Lipinski definition) is 7. The second kappa shape index (κ2) is 10.1. The number of amides is 1. The number of ether oxygens (including phenoxy) is 3. The van der Waals surface area contributed by atoms with Gasteiger partial charge in [-0.3, -0.25) is 9.10 Å². The van der Waals surface area contributed by atoms with Crippen molar-refractivity contribution in [2.24, 2.45) is 5.10 Å². The number of benzene rings is 3. The number of rotatable bonds is 8. The Hall–Kier alpha value is -3.57. The lowest BCUT2D eigenvalue weighted by molar-refractivity contribution is -0.119. The molecule has 0 saturated heterocycles. The molecule has 9 nitrogen and oxygen atoms in total. The fourth-order valence-corrected chi connectivity index (χ4v) is 5.00. The molecule has 0 aliphatic carbocycles. The summed E-state index contributed by atoms with van der Waals surface area (Å²) in [6.07, 6.45) is 1.43. The van der Waals surface area contributed by atoms with Crippen LogP contribution in [0.25, 0.3) is 0 Å². The second-order valence-corrected chi connectivity index (χ2v) is 9.76. The number of nitrogens with zero attached hydrogens (tertiary/aromatic N) is 2. The monoisotopic (exact) mass is 545 g/mol. The van der Waals surface area contributed by atoms with E-state index in [9.17, 15) is 13.2 Å². The highest BCUT2D eigenvalue weighted by atomic mass is 79.9. The average Bonchev–Trinajstić information content (AvgIpc) is 3.30. The summed E-state index contributed by atoms with van der Waals surface area (Å²) in [6.45, 7) is -0.338. The Morgan fingerprint density at radius 3 is 2.47 bits per heavy atom. The summed E-state index contributed by atoms with van der Waals surface area (Å²) < 4.78 is 44.2. The maximum atomic E-state index is 13.4. The zero-order chi connectivity index (χ0) is 24.1. The Kier molecular flexibility index (Phi) is 7.03. The summed E-state index contributed by atoms with van der Waals surface area (Å²) >= 11 is 3.41. The molecule has 0 fully saturated rings. The molecule has 176 valence electrons. The van der Waals surface area contributed by atoms with E-state index >= 15 is 0 Å². The Morgan fingerprint density at radius 2 is 1.79 bits per heavy atom. The largest absolute Gasteiger partial charge is 0.497 e. The van der Waals surface area contributed by atoms with Gasteiger partial charge in [0.1, 0.15) is 12.3 Å². The quantitative estimate of drug-likeness (QED) is 0.342. The first-order chi connectivity index (χ1) is 16.4. The predicted molar refractivity (Wildman–Crippen MR) is 130 cm³/mol. The number of para-hydroxylation sites is 1. The second-order valence-electron chi connectivity index (χ2n) is 7.04. The van der Waals surface area contributed by atoms with Crippen molar-refractivity contribution in [3.05, 3.63) is 76.8 Å². The molecule has 0 spiro atoms. The van der Waals surface area contributed by atoms with Gasteiger partial charge in [-0.2, -0.15) is 5.10 Å².